The minimum Gasteiger partial charge on any atom is -0.481 e. The maximum Gasteiger partial charge on any atom is 0.251 e. The quantitative estimate of drug-likeness (QED) is 0.631. The number of thioether (sulfide) groups is 1. The van der Waals surface area contributed by atoms with Gasteiger partial charge in [0.25, 0.3) is 5.91 Å². The van der Waals surface area contributed by atoms with Crippen molar-refractivity contribution in [1.29, 1.82) is 0 Å². The molecule has 0 bridgehead atoms. The molecule has 0 aliphatic rings. The van der Waals surface area contributed by atoms with Crippen molar-refractivity contribution < 1.29 is 9.53 Å². The van der Waals surface area contributed by atoms with Gasteiger partial charge in [-0.3, -0.25) is 4.79 Å². The van der Waals surface area contributed by atoms with E-state index in [1.165, 1.54) is 5.56 Å². The number of pyridine rings is 1. The predicted octanol–water partition coefficient (Wildman–Crippen LogP) is 4.72. The average molecular weight is 378 g/mol. The summed E-state index contributed by atoms with van der Waals surface area (Å²) >= 11 is 1.63. The molecular formula is C22H22N2O2S. The second-order valence-electron chi connectivity index (χ2n) is 6.21. The first-order valence-electron chi connectivity index (χ1n) is 8.62. The molecule has 0 radical (unpaired) electrons. The number of carbonyl (C=O) groups is 1. The maximum atomic E-state index is 12.7. The molecule has 0 saturated carbocycles. The highest BCUT2D eigenvalue weighted by atomic mass is 32.2. The van der Waals surface area contributed by atoms with Gasteiger partial charge in [0, 0.05) is 29.3 Å². The Hall–Kier alpha value is -2.79. The molecule has 27 heavy (non-hydrogen) atoms. The Morgan fingerprint density at radius 3 is 2.48 bits per heavy atom. The van der Waals surface area contributed by atoms with Crippen molar-refractivity contribution in [1.82, 2.24) is 10.3 Å². The molecule has 0 spiro atoms. The lowest BCUT2D eigenvalue weighted by molar-refractivity contribution is 0.0950. The molecule has 1 aromatic heterocycles. The molecule has 4 nitrogen and oxygen atoms in total. The van der Waals surface area contributed by atoms with Gasteiger partial charge < -0.3 is 10.1 Å². The van der Waals surface area contributed by atoms with Crippen LogP contribution in [0.25, 0.3) is 11.1 Å². The van der Waals surface area contributed by atoms with Gasteiger partial charge in [0.1, 0.15) is 0 Å². The number of benzene rings is 2. The van der Waals surface area contributed by atoms with Crippen LogP contribution < -0.4 is 10.1 Å². The normalized spacial score (nSPS) is 10.5. The number of aromatic nitrogens is 1. The van der Waals surface area contributed by atoms with Crippen LogP contribution in [0.1, 0.15) is 21.5 Å². The van der Waals surface area contributed by atoms with E-state index in [0.29, 0.717) is 18.0 Å². The first kappa shape index (κ1) is 19.0. The summed E-state index contributed by atoms with van der Waals surface area (Å²) in [5, 5.41) is 2.96. The second-order valence-corrected chi connectivity index (χ2v) is 7.09. The van der Waals surface area contributed by atoms with E-state index >= 15 is 0 Å². The smallest absolute Gasteiger partial charge is 0.251 e. The number of nitrogens with zero attached hydrogens (tertiary/aromatic N) is 1. The molecule has 1 amide bonds. The predicted molar refractivity (Wildman–Crippen MR) is 110 cm³/mol. The monoisotopic (exact) mass is 378 g/mol. The number of nitrogens with one attached hydrogen (secondary N) is 1. The lowest BCUT2D eigenvalue weighted by atomic mass is 10.0. The summed E-state index contributed by atoms with van der Waals surface area (Å²) in [5.74, 6) is 0.454. The average Bonchev–Trinajstić information content (AvgIpc) is 2.72. The molecule has 0 fully saturated rings. The van der Waals surface area contributed by atoms with Gasteiger partial charge in [0.2, 0.25) is 5.88 Å². The highest BCUT2D eigenvalue weighted by molar-refractivity contribution is 7.98. The third-order valence-corrected chi connectivity index (χ3v) is 4.96. The Bertz CT molecular complexity index is 922. The van der Waals surface area contributed by atoms with E-state index in [1.807, 2.05) is 24.5 Å². The summed E-state index contributed by atoms with van der Waals surface area (Å²) in [6, 6.07) is 18.0. The van der Waals surface area contributed by atoms with Gasteiger partial charge in [0.05, 0.1) is 7.11 Å². The number of aryl methyl sites for hydroxylation is 1. The molecule has 1 N–H and O–H groups in total. The van der Waals surface area contributed by atoms with Crippen molar-refractivity contribution in [3.63, 3.8) is 0 Å². The summed E-state index contributed by atoms with van der Waals surface area (Å²) in [7, 11) is 1.58. The van der Waals surface area contributed by atoms with Crippen molar-refractivity contribution in [2.75, 3.05) is 13.4 Å². The highest BCUT2D eigenvalue weighted by Crippen LogP contribution is 2.27. The van der Waals surface area contributed by atoms with Gasteiger partial charge in [-0.1, -0.05) is 35.9 Å². The lowest BCUT2D eigenvalue weighted by Gasteiger charge is -2.10. The number of methoxy groups -OCH3 is 1. The summed E-state index contributed by atoms with van der Waals surface area (Å²) in [6.07, 6.45) is 3.72. The van der Waals surface area contributed by atoms with Crippen LogP contribution >= 0.6 is 11.8 Å². The summed E-state index contributed by atoms with van der Waals surface area (Å²) < 4.78 is 5.05. The van der Waals surface area contributed by atoms with Crippen LogP contribution in [0.4, 0.5) is 0 Å². The van der Waals surface area contributed by atoms with E-state index in [1.54, 1.807) is 31.1 Å². The van der Waals surface area contributed by atoms with Crippen LogP contribution in [0.15, 0.2) is 65.7 Å². The van der Waals surface area contributed by atoms with Crippen LogP contribution in [-0.4, -0.2) is 24.3 Å². The molecular weight excluding hydrogens is 356 g/mol. The van der Waals surface area contributed by atoms with Crippen molar-refractivity contribution in [2.24, 2.45) is 0 Å². The molecule has 0 aliphatic heterocycles. The van der Waals surface area contributed by atoms with Gasteiger partial charge in [0.15, 0.2) is 0 Å². The first-order valence-corrected chi connectivity index (χ1v) is 9.85. The number of rotatable bonds is 6. The molecule has 5 heteroatoms. The summed E-state index contributed by atoms with van der Waals surface area (Å²) in [4.78, 5) is 17.9. The number of hydrogen-bond donors (Lipinski definition) is 1. The standard InChI is InChI=1S/C22H22N2O2S/c1-15-4-7-17(8-5-15)18-10-19(12-20(11-18)27-3)22(25)24-14-16-6-9-21(26-2)23-13-16/h4-13H,14H2,1-3H3,(H,24,25). The zero-order chi connectivity index (χ0) is 19.2. The van der Waals surface area contributed by atoms with E-state index in [-0.39, 0.29) is 5.91 Å². The van der Waals surface area contributed by atoms with Gasteiger partial charge in [-0.2, -0.15) is 0 Å². The minimum atomic E-state index is -0.102. The van der Waals surface area contributed by atoms with Crippen LogP contribution in [0, 0.1) is 6.92 Å². The van der Waals surface area contributed by atoms with Crippen LogP contribution in [0.5, 0.6) is 5.88 Å². The molecule has 3 aromatic rings. The molecule has 3 rings (SSSR count). The fourth-order valence-electron chi connectivity index (χ4n) is 2.68. The van der Waals surface area contributed by atoms with E-state index in [0.717, 1.165) is 21.6 Å². The minimum absolute atomic E-state index is 0.102. The Morgan fingerprint density at radius 2 is 1.85 bits per heavy atom. The molecule has 0 aliphatic carbocycles. The van der Waals surface area contributed by atoms with E-state index < -0.39 is 0 Å². The highest BCUT2D eigenvalue weighted by Gasteiger charge is 2.10. The molecule has 1 heterocycles. The zero-order valence-electron chi connectivity index (χ0n) is 15.7. The Morgan fingerprint density at radius 1 is 1.07 bits per heavy atom. The third-order valence-electron chi connectivity index (χ3n) is 4.25. The van der Waals surface area contributed by atoms with Gasteiger partial charge in [-0.05, 0) is 48.1 Å². The SMILES string of the molecule is COc1ccc(CNC(=O)c2cc(SC)cc(-c3ccc(C)cc3)c2)cn1. The van der Waals surface area contributed by atoms with Crippen LogP contribution in [-0.2, 0) is 6.54 Å². The van der Waals surface area contributed by atoms with Gasteiger partial charge >= 0.3 is 0 Å². The maximum absolute atomic E-state index is 12.7. The summed E-state index contributed by atoms with van der Waals surface area (Å²) in [5.41, 5.74) is 4.93. The molecule has 138 valence electrons. The lowest BCUT2D eigenvalue weighted by Crippen LogP contribution is -2.23. The van der Waals surface area contributed by atoms with Crippen LogP contribution in [0.2, 0.25) is 0 Å². The van der Waals surface area contributed by atoms with Gasteiger partial charge in [-0.25, -0.2) is 4.98 Å². The second kappa shape index (κ2) is 8.73. The molecule has 2 aromatic carbocycles. The van der Waals surface area contributed by atoms with Crippen molar-refractivity contribution >= 4 is 17.7 Å². The fourth-order valence-corrected chi connectivity index (χ4v) is 3.17. The molecule has 0 saturated heterocycles. The number of amides is 1. The first-order chi connectivity index (χ1) is 13.1. The Balaban J connectivity index is 1.78. The summed E-state index contributed by atoms with van der Waals surface area (Å²) in [6.45, 7) is 2.48. The van der Waals surface area contributed by atoms with Gasteiger partial charge in [-0.15, -0.1) is 11.8 Å². The fraction of sp³-hybridized carbons (Fsp3) is 0.182. The van der Waals surface area contributed by atoms with Crippen molar-refractivity contribution in [2.45, 2.75) is 18.4 Å². The van der Waals surface area contributed by atoms with E-state index in [4.69, 9.17) is 4.74 Å². The largest absolute Gasteiger partial charge is 0.481 e. The molecule has 0 atom stereocenters. The topological polar surface area (TPSA) is 51.2 Å². The number of hydrogen-bond acceptors (Lipinski definition) is 4. The van der Waals surface area contributed by atoms with Crippen molar-refractivity contribution in [3.8, 4) is 17.0 Å². The number of carbonyl (C=O) groups excluding carboxylic acids is 1. The third kappa shape index (κ3) is 4.89. The Kier molecular flexibility index (Phi) is 6.14. The van der Waals surface area contributed by atoms with Crippen molar-refractivity contribution in [3.05, 3.63) is 77.5 Å². The van der Waals surface area contributed by atoms with E-state index in [2.05, 4.69) is 47.6 Å². The number of ether oxygens (including phenoxy) is 1. The zero-order valence-corrected chi connectivity index (χ0v) is 16.5. The molecule has 0 unspecified atom stereocenters. The van der Waals surface area contributed by atoms with E-state index in [9.17, 15) is 4.79 Å². The van der Waals surface area contributed by atoms with Crippen LogP contribution in [0.3, 0.4) is 0 Å². The Labute approximate surface area is 164 Å².